The van der Waals surface area contributed by atoms with Crippen LogP contribution in [0.1, 0.15) is 18.6 Å². The van der Waals surface area contributed by atoms with Crippen molar-refractivity contribution in [1.82, 2.24) is 10.2 Å². The van der Waals surface area contributed by atoms with Gasteiger partial charge < -0.3 is 20.0 Å². The predicted molar refractivity (Wildman–Crippen MR) is 90.3 cm³/mol. The highest BCUT2D eigenvalue weighted by Crippen LogP contribution is 2.19. The van der Waals surface area contributed by atoms with Gasteiger partial charge in [-0.25, -0.2) is 4.79 Å². The summed E-state index contributed by atoms with van der Waals surface area (Å²) in [4.78, 5) is 26.4. The van der Waals surface area contributed by atoms with Gasteiger partial charge in [-0.2, -0.15) is 0 Å². The number of hydrogen-bond acceptors (Lipinski definition) is 3. The molecule has 2 aromatic rings. The molecule has 1 fully saturated rings. The molecule has 1 aliphatic rings. The molecular formula is C18H21N3O3. The number of likely N-dealkylation sites (tertiary alicyclic amines) is 1. The van der Waals surface area contributed by atoms with Crippen molar-refractivity contribution < 1.29 is 14.0 Å². The van der Waals surface area contributed by atoms with E-state index in [1.165, 1.54) is 0 Å². The van der Waals surface area contributed by atoms with E-state index in [9.17, 15) is 9.59 Å². The minimum absolute atomic E-state index is 0.0373. The van der Waals surface area contributed by atoms with E-state index in [0.29, 0.717) is 25.4 Å². The number of urea groups is 1. The van der Waals surface area contributed by atoms with Gasteiger partial charge in [0.2, 0.25) is 5.91 Å². The van der Waals surface area contributed by atoms with E-state index in [2.05, 4.69) is 10.6 Å². The van der Waals surface area contributed by atoms with Crippen LogP contribution < -0.4 is 10.6 Å². The molecule has 126 valence electrons. The van der Waals surface area contributed by atoms with Crippen LogP contribution in [0.5, 0.6) is 0 Å². The molecule has 0 bridgehead atoms. The van der Waals surface area contributed by atoms with Crippen LogP contribution in [0, 0.1) is 5.92 Å². The van der Waals surface area contributed by atoms with Crippen molar-refractivity contribution in [3.8, 4) is 0 Å². The zero-order valence-corrected chi connectivity index (χ0v) is 13.4. The molecule has 1 aromatic heterocycles. The molecule has 1 aromatic carbocycles. The first-order valence-corrected chi connectivity index (χ1v) is 8.13. The number of nitrogens with zero attached hydrogens (tertiary/aromatic N) is 1. The standard InChI is InChI=1S/C18H21N3O3/c22-17(20-15-7-2-1-3-8-15)14-6-4-10-21(13-14)18(23)19-12-16-9-5-11-24-16/h1-3,5,7-9,11,14H,4,6,10,12-13H2,(H,19,23)(H,20,22)/t14-/m0/s1. The average Bonchev–Trinajstić information content (AvgIpc) is 3.14. The molecule has 3 rings (SSSR count). The van der Waals surface area contributed by atoms with E-state index in [-0.39, 0.29) is 17.9 Å². The summed E-state index contributed by atoms with van der Waals surface area (Å²) >= 11 is 0. The van der Waals surface area contributed by atoms with E-state index in [0.717, 1.165) is 18.5 Å². The van der Waals surface area contributed by atoms with E-state index in [4.69, 9.17) is 4.42 Å². The lowest BCUT2D eigenvalue weighted by molar-refractivity contribution is -0.121. The summed E-state index contributed by atoms with van der Waals surface area (Å²) in [5, 5.41) is 5.74. The number of anilines is 1. The van der Waals surface area contributed by atoms with Crippen LogP contribution in [-0.2, 0) is 11.3 Å². The number of furan rings is 1. The van der Waals surface area contributed by atoms with Crippen LogP contribution in [0.25, 0.3) is 0 Å². The summed E-state index contributed by atoms with van der Waals surface area (Å²) in [6.07, 6.45) is 3.19. The van der Waals surface area contributed by atoms with Gasteiger partial charge in [-0.15, -0.1) is 0 Å². The van der Waals surface area contributed by atoms with Gasteiger partial charge >= 0.3 is 6.03 Å². The molecule has 0 radical (unpaired) electrons. The van der Waals surface area contributed by atoms with Crippen LogP contribution in [0.3, 0.4) is 0 Å². The second-order valence-electron chi connectivity index (χ2n) is 5.88. The van der Waals surface area contributed by atoms with Gasteiger partial charge in [0.15, 0.2) is 0 Å². The molecule has 0 spiro atoms. The summed E-state index contributed by atoms with van der Waals surface area (Å²) in [5.74, 6) is 0.483. The smallest absolute Gasteiger partial charge is 0.317 e. The third kappa shape index (κ3) is 4.16. The number of carbonyl (C=O) groups is 2. The topological polar surface area (TPSA) is 74.6 Å². The Morgan fingerprint density at radius 1 is 1.17 bits per heavy atom. The number of rotatable bonds is 4. The summed E-state index contributed by atoms with van der Waals surface area (Å²) in [6, 6.07) is 12.8. The zero-order chi connectivity index (χ0) is 16.8. The fourth-order valence-electron chi connectivity index (χ4n) is 2.83. The van der Waals surface area contributed by atoms with Crippen LogP contribution in [0.4, 0.5) is 10.5 Å². The molecule has 2 heterocycles. The van der Waals surface area contributed by atoms with Crippen molar-refractivity contribution in [3.63, 3.8) is 0 Å². The highest BCUT2D eigenvalue weighted by molar-refractivity contribution is 5.93. The molecule has 6 nitrogen and oxygen atoms in total. The molecule has 6 heteroatoms. The molecule has 3 amide bonds. The Hall–Kier alpha value is -2.76. The zero-order valence-electron chi connectivity index (χ0n) is 13.4. The van der Waals surface area contributed by atoms with Crippen molar-refractivity contribution in [3.05, 3.63) is 54.5 Å². The lowest BCUT2D eigenvalue weighted by Gasteiger charge is -2.32. The second kappa shape index (κ2) is 7.68. The third-order valence-electron chi connectivity index (χ3n) is 4.11. The first-order chi connectivity index (χ1) is 11.7. The second-order valence-corrected chi connectivity index (χ2v) is 5.88. The summed E-state index contributed by atoms with van der Waals surface area (Å²) < 4.78 is 5.20. The van der Waals surface area contributed by atoms with Crippen molar-refractivity contribution in [1.29, 1.82) is 0 Å². The largest absolute Gasteiger partial charge is 0.467 e. The van der Waals surface area contributed by atoms with Crippen LogP contribution in [-0.4, -0.2) is 29.9 Å². The number of piperidine rings is 1. The van der Waals surface area contributed by atoms with Crippen LogP contribution in [0.2, 0.25) is 0 Å². The highest BCUT2D eigenvalue weighted by Gasteiger charge is 2.28. The normalized spacial score (nSPS) is 17.3. The van der Waals surface area contributed by atoms with Gasteiger partial charge in [0, 0.05) is 18.8 Å². The Morgan fingerprint density at radius 2 is 2.00 bits per heavy atom. The van der Waals surface area contributed by atoms with Crippen LogP contribution >= 0.6 is 0 Å². The van der Waals surface area contributed by atoms with E-state index >= 15 is 0 Å². The minimum atomic E-state index is -0.187. The molecule has 1 aliphatic heterocycles. The Labute approximate surface area is 140 Å². The molecule has 0 aliphatic carbocycles. The number of nitrogens with one attached hydrogen (secondary N) is 2. The molecule has 1 saturated heterocycles. The van der Waals surface area contributed by atoms with Gasteiger partial charge in [-0.3, -0.25) is 4.79 Å². The quantitative estimate of drug-likeness (QED) is 0.907. The van der Waals surface area contributed by atoms with Gasteiger partial charge in [0.05, 0.1) is 18.7 Å². The van der Waals surface area contributed by atoms with Gasteiger partial charge in [0.25, 0.3) is 0 Å². The average molecular weight is 327 g/mol. The molecule has 0 saturated carbocycles. The number of amides is 3. The SMILES string of the molecule is O=C(Nc1ccccc1)[C@H]1CCCN(C(=O)NCc2ccco2)C1. The highest BCUT2D eigenvalue weighted by atomic mass is 16.3. The predicted octanol–water partition coefficient (Wildman–Crippen LogP) is 2.84. The third-order valence-corrected chi connectivity index (χ3v) is 4.11. The number of carbonyl (C=O) groups excluding carboxylic acids is 2. The summed E-state index contributed by atoms with van der Waals surface area (Å²) in [7, 11) is 0. The number of hydrogen-bond donors (Lipinski definition) is 2. The van der Waals surface area contributed by atoms with E-state index in [1.807, 2.05) is 36.4 Å². The fraction of sp³-hybridized carbons (Fsp3) is 0.333. The Morgan fingerprint density at radius 3 is 2.75 bits per heavy atom. The maximum atomic E-state index is 12.4. The van der Waals surface area contributed by atoms with Gasteiger partial charge in [-0.05, 0) is 37.1 Å². The summed E-state index contributed by atoms with van der Waals surface area (Å²) in [5.41, 5.74) is 0.780. The van der Waals surface area contributed by atoms with E-state index in [1.54, 1.807) is 17.2 Å². The van der Waals surface area contributed by atoms with Gasteiger partial charge in [-0.1, -0.05) is 18.2 Å². The Kier molecular flexibility index (Phi) is 5.15. The number of benzene rings is 1. The lowest BCUT2D eigenvalue weighted by atomic mass is 9.97. The molecular weight excluding hydrogens is 306 g/mol. The summed E-state index contributed by atoms with van der Waals surface area (Å²) in [6.45, 7) is 1.45. The Bertz CT molecular complexity index is 670. The van der Waals surface area contributed by atoms with Crippen molar-refractivity contribution in [2.75, 3.05) is 18.4 Å². The minimum Gasteiger partial charge on any atom is -0.467 e. The maximum absolute atomic E-state index is 12.4. The molecule has 1 atom stereocenters. The number of para-hydroxylation sites is 1. The first kappa shape index (κ1) is 16.1. The van der Waals surface area contributed by atoms with Crippen molar-refractivity contribution in [2.24, 2.45) is 5.92 Å². The molecule has 0 unspecified atom stereocenters. The van der Waals surface area contributed by atoms with E-state index < -0.39 is 0 Å². The Balaban J connectivity index is 1.51. The van der Waals surface area contributed by atoms with Crippen LogP contribution in [0.15, 0.2) is 53.1 Å². The lowest BCUT2D eigenvalue weighted by Crippen LogP contribution is -2.47. The fourth-order valence-corrected chi connectivity index (χ4v) is 2.83. The molecule has 24 heavy (non-hydrogen) atoms. The van der Waals surface area contributed by atoms with Crippen molar-refractivity contribution >= 4 is 17.6 Å². The monoisotopic (exact) mass is 327 g/mol. The van der Waals surface area contributed by atoms with Crippen molar-refractivity contribution in [2.45, 2.75) is 19.4 Å². The molecule has 2 N–H and O–H groups in total. The first-order valence-electron chi connectivity index (χ1n) is 8.13. The maximum Gasteiger partial charge on any atom is 0.317 e. The van der Waals surface area contributed by atoms with Gasteiger partial charge in [0.1, 0.15) is 5.76 Å².